The van der Waals surface area contributed by atoms with Gasteiger partial charge < -0.3 is 19.7 Å². The number of furan rings is 1. The van der Waals surface area contributed by atoms with Gasteiger partial charge in [-0.15, -0.1) is 0 Å². The molecule has 0 aromatic carbocycles. The lowest BCUT2D eigenvalue weighted by molar-refractivity contribution is -0.149. The van der Waals surface area contributed by atoms with Crippen LogP contribution in [0.5, 0.6) is 0 Å². The minimum atomic E-state index is -1.08. The average molecular weight is 296 g/mol. The van der Waals surface area contributed by atoms with Crippen molar-refractivity contribution in [3.8, 4) is 0 Å². The van der Waals surface area contributed by atoms with E-state index in [1.807, 2.05) is 0 Å². The summed E-state index contributed by atoms with van der Waals surface area (Å²) in [5.41, 5.74) is 0. The van der Waals surface area contributed by atoms with Crippen LogP contribution in [0.15, 0.2) is 22.8 Å². The topological polar surface area (TPSA) is 99.9 Å². The lowest BCUT2D eigenvalue weighted by atomic mass is 10.2. The fraction of sp³-hybridized carbons (Fsp3) is 0.500. The highest BCUT2D eigenvalue weighted by molar-refractivity contribution is 5.83. The number of amides is 2. The largest absolute Gasteiger partial charge is 0.480 e. The number of carboxylic acids is 1. The third-order valence-corrected chi connectivity index (χ3v) is 3.04. The molecule has 116 valence electrons. The summed E-state index contributed by atoms with van der Waals surface area (Å²) in [6.07, 6.45) is 2.09. The fourth-order valence-corrected chi connectivity index (χ4v) is 1.85. The molecule has 0 aliphatic carbocycles. The third kappa shape index (κ3) is 5.68. The van der Waals surface area contributed by atoms with E-state index in [-0.39, 0.29) is 31.3 Å². The lowest BCUT2D eigenvalue weighted by Gasteiger charge is -2.26. The molecule has 0 saturated heterocycles. The van der Waals surface area contributed by atoms with E-state index in [4.69, 9.17) is 9.52 Å². The van der Waals surface area contributed by atoms with E-state index >= 15 is 0 Å². The summed E-state index contributed by atoms with van der Waals surface area (Å²) in [6, 6.07) is 2.55. The van der Waals surface area contributed by atoms with Gasteiger partial charge in [0.15, 0.2) is 0 Å². The molecule has 1 rings (SSSR count). The SMILES string of the molecule is CC(=O)NCCN(C(=O)CCc1ccco1)C(C)C(=O)O. The van der Waals surface area contributed by atoms with Crippen molar-refractivity contribution in [2.45, 2.75) is 32.7 Å². The number of carbonyl (C=O) groups is 3. The Hall–Kier alpha value is -2.31. The summed E-state index contributed by atoms with van der Waals surface area (Å²) in [4.78, 5) is 35.3. The number of aliphatic carboxylic acids is 1. The van der Waals surface area contributed by atoms with Gasteiger partial charge in [0, 0.05) is 32.9 Å². The van der Waals surface area contributed by atoms with Crippen molar-refractivity contribution in [3.05, 3.63) is 24.2 Å². The number of nitrogens with one attached hydrogen (secondary N) is 1. The van der Waals surface area contributed by atoms with Gasteiger partial charge in [0.2, 0.25) is 11.8 Å². The number of carbonyl (C=O) groups excluding carboxylic acids is 2. The Bertz CT molecular complexity index is 484. The highest BCUT2D eigenvalue weighted by Crippen LogP contribution is 2.08. The molecule has 0 bridgehead atoms. The van der Waals surface area contributed by atoms with E-state index in [0.29, 0.717) is 12.2 Å². The van der Waals surface area contributed by atoms with Crippen LogP contribution in [0.3, 0.4) is 0 Å². The molecule has 21 heavy (non-hydrogen) atoms. The second kappa shape index (κ2) is 8.08. The summed E-state index contributed by atoms with van der Waals surface area (Å²) in [7, 11) is 0. The number of rotatable bonds is 8. The van der Waals surface area contributed by atoms with Gasteiger partial charge in [-0.05, 0) is 19.1 Å². The average Bonchev–Trinajstić information content (AvgIpc) is 2.93. The molecule has 2 N–H and O–H groups in total. The van der Waals surface area contributed by atoms with Crippen LogP contribution >= 0.6 is 0 Å². The van der Waals surface area contributed by atoms with E-state index in [1.54, 1.807) is 12.1 Å². The van der Waals surface area contributed by atoms with E-state index < -0.39 is 12.0 Å². The summed E-state index contributed by atoms with van der Waals surface area (Å²) in [5, 5.41) is 11.6. The number of hydrogen-bond acceptors (Lipinski definition) is 4. The molecule has 0 saturated carbocycles. The van der Waals surface area contributed by atoms with Gasteiger partial charge in [0.1, 0.15) is 11.8 Å². The summed E-state index contributed by atoms with van der Waals surface area (Å²) in [6.45, 7) is 3.19. The van der Waals surface area contributed by atoms with Crippen LogP contribution in [0.4, 0.5) is 0 Å². The van der Waals surface area contributed by atoms with Crippen LogP contribution in [0.2, 0.25) is 0 Å². The van der Waals surface area contributed by atoms with Gasteiger partial charge in [-0.25, -0.2) is 4.79 Å². The molecule has 0 spiro atoms. The van der Waals surface area contributed by atoms with Crippen molar-refractivity contribution in [1.82, 2.24) is 10.2 Å². The van der Waals surface area contributed by atoms with Crippen LogP contribution in [0.1, 0.15) is 26.0 Å². The maximum Gasteiger partial charge on any atom is 0.326 e. The molecule has 2 amide bonds. The number of aryl methyl sites for hydroxylation is 1. The Morgan fingerprint density at radius 1 is 1.43 bits per heavy atom. The molecule has 7 nitrogen and oxygen atoms in total. The predicted octanol–water partition coefficient (Wildman–Crippen LogP) is 0.650. The van der Waals surface area contributed by atoms with Gasteiger partial charge >= 0.3 is 5.97 Å². The Morgan fingerprint density at radius 2 is 2.14 bits per heavy atom. The molecular formula is C14H20N2O5. The lowest BCUT2D eigenvalue weighted by Crippen LogP contribution is -2.46. The summed E-state index contributed by atoms with van der Waals surface area (Å²) < 4.78 is 5.14. The highest BCUT2D eigenvalue weighted by atomic mass is 16.4. The van der Waals surface area contributed by atoms with Crippen LogP contribution < -0.4 is 5.32 Å². The van der Waals surface area contributed by atoms with Gasteiger partial charge in [0.05, 0.1) is 6.26 Å². The Labute approximate surface area is 122 Å². The molecule has 1 unspecified atom stereocenters. The molecule has 0 aliphatic rings. The summed E-state index contributed by atoms with van der Waals surface area (Å²) >= 11 is 0. The molecular weight excluding hydrogens is 276 g/mol. The first-order valence-electron chi connectivity index (χ1n) is 6.71. The molecule has 1 aromatic rings. The maximum atomic E-state index is 12.2. The van der Waals surface area contributed by atoms with Crippen LogP contribution in [0.25, 0.3) is 0 Å². The standard InChI is InChI=1S/C14H20N2O5/c1-10(14(19)20)16(8-7-15-11(2)17)13(18)6-5-12-4-3-9-21-12/h3-4,9-10H,5-8H2,1-2H3,(H,15,17)(H,19,20). The number of nitrogens with zero attached hydrogens (tertiary/aromatic N) is 1. The third-order valence-electron chi connectivity index (χ3n) is 3.04. The van der Waals surface area contributed by atoms with E-state index in [9.17, 15) is 14.4 Å². The molecule has 0 aliphatic heterocycles. The monoisotopic (exact) mass is 296 g/mol. The minimum Gasteiger partial charge on any atom is -0.480 e. The van der Waals surface area contributed by atoms with Gasteiger partial charge in [-0.1, -0.05) is 0 Å². The zero-order valence-corrected chi connectivity index (χ0v) is 12.2. The molecule has 0 fully saturated rings. The first-order valence-corrected chi connectivity index (χ1v) is 6.71. The van der Waals surface area contributed by atoms with Gasteiger partial charge in [-0.2, -0.15) is 0 Å². The predicted molar refractivity (Wildman–Crippen MR) is 74.5 cm³/mol. The first kappa shape index (κ1) is 16.7. The van der Waals surface area contributed by atoms with Crippen LogP contribution in [0, 0.1) is 0 Å². The first-order chi connectivity index (χ1) is 9.91. The molecule has 7 heteroatoms. The summed E-state index contributed by atoms with van der Waals surface area (Å²) in [5.74, 6) is -0.912. The fourth-order valence-electron chi connectivity index (χ4n) is 1.85. The molecule has 1 atom stereocenters. The van der Waals surface area contributed by atoms with Crippen molar-refractivity contribution in [2.24, 2.45) is 0 Å². The van der Waals surface area contributed by atoms with Crippen LogP contribution in [-0.2, 0) is 20.8 Å². The Kier molecular flexibility index (Phi) is 6.45. The maximum absolute atomic E-state index is 12.2. The van der Waals surface area contributed by atoms with Gasteiger partial charge in [0.25, 0.3) is 0 Å². The zero-order valence-electron chi connectivity index (χ0n) is 12.2. The molecule has 0 radical (unpaired) electrons. The van der Waals surface area contributed by atoms with Gasteiger partial charge in [-0.3, -0.25) is 9.59 Å². The van der Waals surface area contributed by atoms with E-state index in [1.165, 1.54) is 25.0 Å². The van der Waals surface area contributed by atoms with E-state index in [2.05, 4.69) is 5.32 Å². The zero-order chi connectivity index (χ0) is 15.8. The van der Waals surface area contributed by atoms with Crippen molar-refractivity contribution >= 4 is 17.8 Å². The van der Waals surface area contributed by atoms with Crippen molar-refractivity contribution < 1.29 is 23.9 Å². The highest BCUT2D eigenvalue weighted by Gasteiger charge is 2.25. The van der Waals surface area contributed by atoms with Crippen molar-refractivity contribution in [3.63, 3.8) is 0 Å². The second-order valence-electron chi connectivity index (χ2n) is 4.66. The number of hydrogen-bond donors (Lipinski definition) is 2. The van der Waals surface area contributed by atoms with Crippen molar-refractivity contribution in [2.75, 3.05) is 13.1 Å². The van der Waals surface area contributed by atoms with Crippen LogP contribution in [-0.4, -0.2) is 46.9 Å². The minimum absolute atomic E-state index is 0.157. The van der Waals surface area contributed by atoms with E-state index in [0.717, 1.165) is 0 Å². The quantitative estimate of drug-likeness (QED) is 0.733. The normalized spacial score (nSPS) is 11.7. The number of carboxylic acid groups (broad SMARTS) is 1. The Balaban J connectivity index is 2.58. The molecule has 1 heterocycles. The van der Waals surface area contributed by atoms with Crippen molar-refractivity contribution in [1.29, 1.82) is 0 Å². The Morgan fingerprint density at radius 3 is 2.67 bits per heavy atom. The second-order valence-corrected chi connectivity index (χ2v) is 4.66. The smallest absolute Gasteiger partial charge is 0.326 e. The molecule has 1 aromatic heterocycles.